The average molecular weight is 294 g/mol. The molecular weight excluding hydrogens is 280 g/mol. The highest BCUT2D eigenvalue weighted by Gasteiger charge is 2.09. The molecule has 0 aliphatic carbocycles. The summed E-state index contributed by atoms with van der Waals surface area (Å²) in [6.45, 7) is 0.446. The molecule has 1 aromatic rings. The number of ether oxygens (including phenoxy) is 2. The van der Waals surface area contributed by atoms with Crippen LogP contribution < -0.4 is 0 Å². The van der Waals surface area contributed by atoms with E-state index in [2.05, 4.69) is 8.92 Å². The number of rotatable bonds is 7. The van der Waals surface area contributed by atoms with Crippen LogP contribution in [-0.4, -0.2) is 41.0 Å². The molecule has 0 atom stereocenters. The summed E-state index contributed by atoms with van der Waals surface area (Å²) in [6.07, 6.45) is 0.981. The zero-order valence-electron chi connectivity index (χ0n) is 10.0. The third-order valence-electron chi connectivity index (χ3n) is 1.82. The quantitative estimate of drug-likeness (QED) is 0.424. The van der Waals surface area contributed by atoms with E-state index in [1.807, 2.05) is 0 Å². The van der Waals surface area contributed by atoms with E-state index < -0.39 is 10.1 Å². The van der Waals surface area contributed by atoms with Gasteiger partial charge in [-0.25, -0.2) is 4.79 Å². The van der Waals surface area contributed by atoms with Gasteiger partial charge in [-0.2, -0.15) is 8.42 Å². The van der Waals surface area contributed by atoms with Gasteiger partial charge in [-0.15, -0.1) is 11.3 Å². The fourth-order valence-electron chi connectivity index (χ4n) is 1.08. The topological polar surface area (TPSA) is 78.9 Å². The van der Waals surface area contributed by atoms with Crippen LogP contribution in [0.1, 0.15) is 14.5 Å². The van der Waals surface area contributed by atoms with Crippen LogP contribution in [0.2, 0.25) is 0 Å². The standard InChI is InChI=1S/C10H14O6S2/c1-14-10(11)9-4-3-8(17-9)7-15-5-6-16-18(2,12)13/h3-4H,5-7H2,1-2H3. The first-order valence-corrected chi connectivity index (χ1v) is 7.65. The molecule has 1 aromatic heterocycles. The first-order chi connectivity index (χ1) is 8.42. The highest BCUT2D eigenvalue weighted by Crippen LogP contribution is 2.18. The Morgan fingerprint density at radius 2 is 2.06 bits per heavy atom. The van der Waals surface area contributed by atoms with Crippen molar-refractivity contribution in [3.63, 3.8) is 0 Å². The van der Waals surface area contributed by atoms with Gasteiger partial charge in [-0.1, -0.05) is 0 Å². The largest absolute Gasteiger partial charge is 0.465 e. The number of hydrogen-bond acceptors (Lipinski definition) is 7. The maximum Gasteiger partial charge on any atom is 0.348 e. The normalized spacial score (nSPS) is 11.4. The van der Waals surface area contributed by atoms with Crippen LogP contribution in [0.25, 0.3) is 0 Å². The number of hydrogen-bond donors (Lipinski definition) is 0. The number of methoxy groups -OCH3 is 1. The molecule has 0 spiro atoms. The van der Waals surface area contributed by atoms with E-state index in [-0.39, 0.29) is 19.2 Å². The number of esters is 1. The number of carbonyl (C=O) groups excluding carboxylic acids is 1. The third-order valence-corrected chi connectivity index (χ3v) is 3.45. The highest BCUT2D eigenvalue weighted by molar-refractivity contribution is 7.85. The molecule has 0 saturated heterocycles. The lowest BCUT2D eigenvalue weighted by molar-refractivity contribution is 0.0606. The Morgan fingerprint density at radius 3 is 2.67 bits per heavy atom. The van der Waals surface area contributed by atoms with Crippen LogP contribution in [0, 0.1) is 0 Å². The van der Waals surface area contributed by atoms with Crippen LogP contribution >= 0.6 is 11.3 Å². The number of thiophene rings is 1. The lowest BCUT2D eigenvalue weighted by atomic mass is 10.4. The summed E-state index contributed by atoms with van der Waals surface area (Å²) in [5, 5.41) is 0. The van der Waals surface area contributed by atoms with Crippen LogP contribution in [0.3, 0.4) is 0 Å². The first kappa shape index (κ1) is 15.1. The molecule has 1 rings (SSSR count). The Hall–Kier alpha value is -0.960. The van der Waals surface area contributed by atoms with E-state index in [1.54, 1.807) is 12.1 Å². The zero-order valence-corrected chi connectivity index (χ0v) is 11.7. The van der Waals surface area contributed by atoms with Gasteiger partial charge in [0, 0.05) is 4.88 Å². The molecule has 0 saturated carbocycles. The van der Waals surface area contributed by atoms with Crippen molar-refractivity contribution in [3.05, 3.63) is 21.9 Å². The summed E-state index contributed by atoms with van der Waals surface area (Å²) in [4.78, 5) is 12.5. The second-order valence-corrected chi connectivity index (χ2v) is 6.15. The van der Waals surface area contributed by atoms with Crippen molar-refractivity contribution in [2.75, 3.05) is 26.6 Å². The molecule has 8 heteroatoms. The van der Waals surface area contributed by atoms with Gasteiger partial charge in [0.15, 0.2) is 0 Å². The highest BCUT2D eigenvalue weighted by atomic mass is 32.2. The summed E-state index contributed by atoms with van der Waals surface area (Å²) in [5.41, 5.74) is 0. The monoisotopic (exact) mass is 294 g/mol. The van der Waals surface area contributed by atoms with Crippen LogP contribution in [-0.2, 0) is 30.4 Å². The molecule has 18 heavy (non-hydrogen) atoms. The van der Waals surface area contributed by atoms with Gasteiger partial charge < -0.3 is 9.47 Å². The summed E-state index contributed by atoms with van der Waals surface area (Å²) >= 11 is 1.27. The van der Waals surface area contributed by atoms with Crippen molar-refractivity contribution in [2.45, 2.75) is 6.61 Å². The van der Waals surface area contributed by atoms with Crippen molar-refractivity contribution in [3.8, 4) is 0 Å². The molecule has 0 bridgehead atoms. The average Bonchev–Trinajstić information content (AvgIpc) is 2.75. The fourth-order valence-corrected chi connectivity index (χ4v) is 2.32. The smallest absolute Gasteiger partial charge is 0.348 e. The zero-order chi connectivity index (χ0) is 13.6. The maximum absolute atomic E-state index is 11.2. The molecule has 0 aromatic carbocycles. The lowest BCUT2D eigenvalue weighted by Crippen LogP contribution is -2.09. The summed E-state index contributed by atoms with van der Waals surface area (Å²) in [6, 6.07) is 3.41. The van der Waals surface area contributed by atoms with Crippen molar-refractivity contribution in [2.24, 2.45) is 0 Å². The van der Waals surface area contributed by atoms with Gasteiger partial charge in [-0.05, 0) is 12.1 Å². The Kier molecular flexibility index (Phi) is 5.73. The van der Waals surface area contributed by atoms with Gasteiger partial charge in [0.2, 0.25) is 0 Å². The molecular formula is C10H14O6S2. The maximum atomic E-state index is 11.2. The van der Waals surface area contributed by atoms with Crippen LogP contribution in [0.4, 0.5) is 0 Å². The molecule has 102 valence electrons. The molecule has 0 aliphatic heterocycles. The molecule has 0 fully saturated rings. The lowest BCUT2D eigenvalue weighted by Gasteiger charge is -2.02. The first-order valence-electron chi connectivity index (χ1n) is 5.01. The van der Waals surface area contributed by atoms with E-state index in [0.29, 0.717) is 11.5 Å². The fraction of sp³-hybridized carbons (Fsp3) is 0.500. The van der Waals surface area contributed by atoms with E-state index in [4.69, 9.17) is 4.74 Å². The van der Waals surface area contributed by atoms with Crippen LogP contribution in [0.15, 0.2) is 12.1 Å². The minimum absolute atomic E-state index is 0.0198. The van der Waals surface area contributed by atoms with E-state index >= 15 is 0 Å². The van der Waals surface area contributed by atoms with Crippen molar-refractivity contribution in [1.82, 2.24) is 0 Å². The van der Waals surface area contributed by atoms with Crippen molar-refractivity contribution in [1.29, 1.82) is 0 Å². The molecule has 0 aliphatic rings. The SMILES string of the molecule is COC(=O)c1ccc(COCCOS(C)(=O)=O)s1. The van der Waals surface area contributed by atoms with Gasteiger partial charge in [0.1, 0.15) is 4.88 Å². The van der Waals surface area contributed by atoms with E-state index in [0.717, 1.165) is 11.1 Å². The van der Waals surface area contributed by atoms with Gasteiger partial charge in [0.05, 0.1) is 33.2 Å². The van der Waals surface area contributed by atoms with Gasteiger partial charge in [-0.3, -0.25) is 4.18 Å². The molecule has 6 nitrogen and oxygen atoms in total. The van der Waals surface area contributed by atoms with Gasteiger partial charge in [0.25, 0.3) is 10.1 Å². The molecule has 0 radical (unpaired) electrons. The Morgan fingerprint density at radius 1 is 1.33 bits per heavy atom. The Bertz CT molecular complexity index is 490. The predicted octanol–water partition coefficient (Wildman–Crippen LogP) is 1.03. The molecule has 0 N–H and O–H groups in total. The summed E-state index contributed by atoms with van der Waals surface area (Å²) in [7, 11) is -2.10. The molecule has 0 unspecified atom stereocenters. The van der Waals surface area contributed by atoms with Gasteiger partial charge >= 0.3 is 5.97 Å². The minimum Gasteiger partial charge on any atom is -0.465 e. The van der Waals surface area contributed by atoms with Crippen molar-refractivity contribution >= 4 is 27.4 Å². The van der Waals surface area contributed by atoms with E-state index in [1.165, 1.54) is 18.4 Å². The molecule has 1 heterocycles. The van der Waals surface area contributed by atoms with E-state index in [9.17, 15) is 13.2 Å². The minimum atomic E-state index is -3.42. The predicted molar refractivity (Wildman–Crippen MR) is 66.1 cm³/mol. The summed E-state index contributed by atoms with van der Waals surface area (Å²) in [5.74, 6) is -0.383. The third kappa shape index (κ3) is 5.58. The van der Waals surface area contributed by atoms with Crippen molar-refractivity contribution < 1.29 is 26.9 Å². The Labute approximate surface area is 110 Å². The second kappa shape index (κ2) is 6.83. The Balaban J connectivity index is 2.28. The second-order valence-electron chi connectivity index (χ2n) is 3.34. The van der Waals surface area contributed by atoms with Crippen LogP contribution in [0.5, 0.6) is 0 Å². The number of carbonyl (C=O) groups is 1. The molecule has 0 amide bonds. The summed E-state index contributed by atoms with van der Waals surface area (Å²) < 4.78 is 35.6.